The molecule has 0 bridgehead atoms. The summed E-state index contributed by atoms with van der Waals surface area (Å²) in [4.78, 5) is 16.1. The Bertz CT molecular complexity index is 979. The largest absolute Gasteiger partial charge is 0.378 e. The van der Waals surface area contributed by atoms with Gasteiger partial charge >= 0.3 is 0 Å². The Morgan fingerprint density at radius 2 is 1.55 bits per heavy atom. The molecule has 1 N–H and O–H groups in total. The number of morpholine rings is 1. The highest BCUT2D eigenvalue weighted by atomic mass is 32.2. The lowest BCUT2D eigenvalue weighted by Crippen LogP contribution is -2.36. The molecule has 1 amide bonds. The maximum absolute atomic E-state index is 12.5. The van der Waals surface area contributed by atoms with E-state index in [4.69, 9.17) is 4.74 Å². The molecule has 5 heteroatoms. The molecule has 0 aromatic heterocycles. The van der Waals surface area contributed by atoms with E-state index in [9.17, 15) is 4.79 Å². The fourth-order valence-corrected chi connectivity index (χ4v) is 4.34. The van der Waals surface area contributed by atoms with E-state index in [2.05, 4.69) is 65.7 Å². The van der Waals surface area contributed by atoms with Gasteiger partial charge in [-0.2, -0.15) is 0 Å². The highest BCUT2D eigenvalue weighted by Gasteiger charge is 2.11. The Kier molecular flexibility index (Phi) is 7.28. The Hall–Kier alpha value is -2.76. The van der Waals surface area contributed by atoms with Gasteiger partial charge in [-0.3, -0.25) is 4.79 Å². The van der Waals surface area contributed by atoms with Gasteiger partial charge in [0.05, 0.1) is 13.2 Å². The molecule has 1 aliphatic rings. The highest BCUT2D eigenvalue weighted by Crippen LogP contribution is 2.23. The third-order valence-corrected chi connectivity index (χ3v) is 6.49. The quantitative estimate of drug-likeness (QED) is 0.530. The number of hydrogen-bond donors (Lipinski definition) is 1. The first-order valence-corrected chi connectivity index (χ1v) is 11.6. The van der Waals surface area contributed by atoms with E-state index in [0.29, 0.717) is 12.1 Å². The second-order valence-corrected chi connectivity index (χ2v) is 8.80. The number of nitrogens with zero attached hydrogens (tertiary/aromatic N) is 1. The number of aryl methyl sites for hydroxylation is 1. The minimum absolute atomic E-state index is 0.0463. The van der Waals surface area contributed by atoms with Crippen LogP contribution in [-0.4, -0.2) is 32.2 Å². The molecular weight excluding hydrogens is 404 g/mol. The van der Waals surface area contributed by atoms with Crippen molar-refractivity contribution in [3.8, 4) is 0 Å². The number of hydrogen-bond acceptors (Lipinski definition) is 4. The van der Waals surface area contributed by atoms with Crippen LogP contribution in [0.4, 0.5) is 5.69 Å². The molecule has 0 saturated carbocycles. The maximum Gasteiger partial charge on any atom is 0.251 e. The second-order valence-electron chi connectivity index (χ2n) is 7.75. The first kappa shape index (κ1) is 21.5. The van der Waals surface area contributed by atoms with Gasteiger partial charge in [0.1, 0.15) is 0 Å². The summed E-state index contributed by atoms with van der Waals surface area (Å²) in [6.45, 7) is 6.03. The van der Waals surface area contributed by atoms with E-state index in [1.54, 1.807) is 11.8 Å². The van der Waals surface area contributed by atoms with Gasteiger partial charge in [0.25, 0.3) is 5.91 Å². The zero-order valence-corrected chi connectivity index (χ0v) is 18.7. The van der Waals surface area contributed by atoms with Gasteiger partial charge < -0.3 is 15.0 Å². The third kappa shape index (κ3) is 6.12. The second kappa shape index (κ2) is 10.5. The standard InChI is InChI=1S/C26H28N2O2S/c1-20-2-12-25(13-3-20)31-19-22-4-8-23(9-5-22)26(29)27-18-21-6-10-24(11-7-21)28-14-16-30-17-15-28/h2-13H,14-19H2,1H3,(H,27,29). The molecule has 1 saturated heterocycles. The molecule has 3 aromatic carbocycles. The smallest absolute Gasteiger partial charge is 0.251 e. The van der Waals surface area contributed by atoms with Crippen molar-refractivity contribution in [2.24, 2.45) is 0 Å². The molecule has 160 valence electrons. The van der Waals surface area contributed by atoms with Crippen LogP contribution in [-0.2, 0) is 17.0 Å². The van der Waals surface area contributed by atoms with Crippen LogP contribution in [0.2, 0.25) is 0 Å². The zero-order chi connectivity index (χ0) is 21.5. The van der Waals surface area contributed by atoms with Crippen molar-refractivity contribution in [3.63, 3.8) is 0 Å². The molecular formula is C26H28N2O2S. The molecule has 0 aliphatic carbocycles. The third-order valence-electron chi connectivity index (χ3n) is 5.41. The molecule has 3 aromatic rings. The van der Waals surface area contributed by atoms with Crippen LogP contribution in [0.15, 0.2) is 77.7 Å². The van der Waals surface area contributed by atoms with Gasteiger partial charge in [-0.25, -0.2) is 0 Å². The fraction of sp³-hybridized carbons (Fsp3) is 0.269. The van der Waals surface area contributed by atoms with E-state index in [0.717, 1.165) is 37.6 Å². The molecule has 0 radical (unpaired) electrons. The highest BCUT2D eigenvalue weighted by molar-refractivity contribution is 7.98. The van der Waals surface area contributed by atoms with E-state index in [1.807, 2.05) is 24.3 Å². The Morgan fingerprint density at radius 1 is 0.903 bits per heavy atom. The molecule has 0 spiro atoms. The van der Waals surface area contributed by atoms with Crippen molar-refractivity contribution < 1.29 is 9.53 Å². The van der Waals surface area contributed by atoms with Gasteiger partial charge in [0, 0.05) is 41.5 Å². The van der Waals surface area contributed by atoms with Crippen LogP contribution >= 0.6 is 11.8 Å². The molecule has 1 aliphatic heterocycles. The summed E-state index contributed by atoms with van der Waals surface area (Å²) >= 11 is 1.80. The number of rotatable bonds is 7. The Balaban J connectivity index is 1.26. The minimum Gasteiger partial charge on any atom is -0.378 e. The van der Waals surface area contributed by atoms with Crippen molar-refractivity contribution >= 4 is 23.4 Å². The lowest BCUT2D eigenvalue weighted by molar-refractivity contribution is 0.0951. The average Bonchev–Trinajstić information content (AvgIpc) is 2.83. The minimum atomic E-state index is -0.0463. The zero-order valence-electron chi connectivity index (χ0n) is 17.8. The van der Waals surface area contributed by atoms with Crippen molar-refractivity contribution in [2.45, 2.75) is 24.1 Å². The predicted octanol–water partition coefficient (Wildman–Crippen LogP) is 5.05. The van der Waals surface area contributed by atoms with Gasteiger partial charge in [-0.15, -0.1) is 11.8 Å². The van der Waals surface area contributed by atoms with Crippen LogP contribution < -0.4 is 10.2 Å². The number of anilines is 1. The van der Waals surface area contributed by atoms with Crippen molar-refractivity contribution in [3.05, 3.63) is 95.1 Å². The van der Waals surface area contributed by atoms with E-state index in [-0.39, 0.29) is 5.91 Å². The Labute approximate surface area is 188 Å². The molecule has 1 heterocycles. The van der Waals surface area contributed by atoms with Gasteiger partial charge in [0.15, 0.2) is 0 Å². The number of amides is 1. The predicted molar refractivity (Wildman–Crippen MR) is 128 cm³/mol. The molecule has 4 rings (SSSR count). The number of benzene rings is 3. The van der Waals surface area contributed by atoms with Crippen molar-refractivity contribution in [2.75, 3.05) is 31.2 Å². The normalized spacial score (nSPS) is 13.8. The first-order chi connectivity index (χ1) is 15.2. The summed E-state index contributed by atoms with van der Waals surface area (Å²) in [6, 6.07) is 24.8. The lowest BCUT2D eigenvalue weighted by Gasteiger charge is -2.28. The summed E-state index contributed by atoms with van der Waals surface area (Å²) in [7, 11) is 0. The first-order valence-electron chi connectivity index (χ1n) is 10.7. The van der Waals surface area contributed by atoms with Gasteiger partial charge in [0.2, 0.25) is 0 Å². The maximum atomic E-state index is 12.5. The topological polar surface area (TPSA) is 41.6 Å². The monoisotopic (exact) mass is 432 g/mol. The number of nitrogens with one attached hydrogen (secondary N) is 1. The summed E-state index contributed by atoms with van der Waals surface area (Å²) in [5.41, 5.74) is 5.47. The van der Waals surface area contributed by atoms with E-state index >= 15 is 0 Å². The molecule has 0 unspecified atom stereocenters. The summed E-state index contributed by atoms with van der Waals surface area (Å²) in [5.74, 6) is 0.843. The van der Waals surface area contributed by atoms with Crippen LogP contribution in [0.25, 0.3) is 0 Å². The summed E-state index contributed by atoms with van der Waals surface area (Å²) in [6.07, 6.45) is 0. The van der Waals surface area contributed by atoms with Crippen LogP contribution in [0.3, 0.4) is 0 Å². The van der Waals surface area contributed by atoms with Crippen LogP contribution in [0.1, 0.15) is 27.0 Å². The number of carbonyl (C=O) groups is 1. The number of thioether (sulfide) groups is 1. The molecule has 4 nitrogen and oxygen atoms in total. The van der Waals surface area contributed by atoms with Crippen LogP contribution in [0.5, 0.6) is 0 Å². The van der Waals surface area contributed by atoms with E-state index < -0.39 is 0 Å². The van der Waals surface area contributed by atoms with Gasteiger partial charge in [-0.1, -0.05) is 42.0 Å². The lowest BCUT2D eigenvalue weighted by atomic mass is 10.1. The van der Waals surface area contributed by atoms with Crippen molar-refractivity contribution in [1.29, 1.82) is 0 Å². The fourth-order valence-electron chi connectivity index (χ4n) is 3.48. The molecule has 0 atom stereocenters. The number of ether oxygens (including phenoxy) is 1. The summed E-state index contributed by atoms with van der Waals surface area (Å²) in [5, 5.41) is 3.02. The molecule has 31 heavy (non-hydrogen) atoms. The Morgan fingerprint density at radius 3 is 2.23 bits per heavy atom. The van der Waals surface area contributed by atoms with Crippen LogP contribution in [0, 0.1) is 6.92 Å². The number of carbonyl (C=O) groups excluding carboxylic acids is 1. The van der Waals surface area contributed by atoms with Crippen molar-refractivity contribution in [1.82, 2.24) is 5.32 Å². The SMILES string of the molecule is Cc1ccc(SCc2ccc(C(=O)NCc3ccc(N4CCOCC4)cc3)cc2)cc1. The van der Waals surface area contributed by atoms with Gasteiger partial charge in [-0.05, 0) is 54.4 Å². The summed E-state index contributed by atoms with van der Waals surface area (Å²) < 4.78 is 5.41. The van der Waals surface area contributed by atoms with E-state index in [1.165, 1.54) is 21.7 Å². The molecule has 1 fully saturated rings. The average molecular weight is 433 g/mol.